The van der Waals surface area contributed by atoms with E-state index in [1.54, 1.807) is 0 Å². The van der Waals surface area contributed by atoms with Crippen molar-refractivity contribution in [2.75, 3.05) is 20.0 Å². The molecule has 0 aliphatic rings. The summed E-state index contributed by atoms with van der Waals surface area (Å²) >= 11 is 0. The van der Waals surface area contributed by atoms with E-state index in [0.717, 1.165) is 0 Å². The summed E-state index contributed by atoms with van der Waals surface area (Å²) in [6.45, 7) is 10.6. The first-order valence-electron chi connectivity index (χ1n) is 2.50. The summed E-state index contributed by atoms with van der Waals surface area (Å²) < 4.78 is 0. The topological polar surface area (TPSA) is 0 Å². The Morgan fingerprint density at radius 3 is 1.00 bits per heavy atom. The second-order valence-corrected chi connectivity index (χ2v) is 5.00. The molecular formula is C6H16AuP+. The van der Waals surface area contributed by atoms with Crippen molar-refractivity contribution in [3.05, 3.63) is 6.42 Å². The van der Waals surface area contributed by atoms with E-state index >= 15 is 0 Å². The minimum absolute atomic E-state index is 0. The molecule has 0 aromatic rings. The predicted octanol–water partition coefficient (Wildman–Crippen LogP) is 2.19. The molecule has 0 saturated heterocycles. The van der Waals surface area contributed by atoms with E-state index in [1.807, 2.05) is 13.8 Å². The van der Waals surface area contributed by atoms with Crippen molar-refractivity contribution in [1.29, 1.82) is 0 Å². The fourth-order valence-electron chi connectivity index (χ4n) is 0. The molecule has 2 heteroatoms. The Balaban J connectivity index is -0.0000000575. The van der Waals surface area contributed by atoms with Crippen LogP contribution in [0.2, 0.25) is 0 Å². The van der Waals surface area contributed by atoms with E-state index in [0.29, 0.717) is 0 Å². The molecule has 55 valence electrons. The maximum absolute atomic E-state index is 2.75. The first-order chi connectivity index (χ1) is 3.15. The Labute approximate surface area is 70.7 Å². The minimum Gasteiger partial charge on any atom is -0.483 e. The van der Waals surface area contributed by atoms with Gasteiger partial charge in [0.2, 0.25) is 0 Å². The zero-order valence-corrected chi connectivity index (χ0v) is 9.47. The standard InChI is InChI=1S/C3H9P.C3H6.Au/c1-4(2)3;1-3-2;/h1-3H3;1-2H3;/q;-1;+1/p+1. The molecule has 0 bridgehead atoms. The van der Waals surface area contributed by atoms with Gasteiger partial charge in [-0.2, -0.15) is 0 Å². The van der Waals surface area contributed by atoms with Crippen molar-refractivity contribution in [2.24, 2.45) is 0 Å². The van der Waals surface area contributed by atoms with Crippen LogP contribution in [-0.4, -0.2) is 20.0 Å². The second kappa shape index (κ2) is 15.7. The molecule has 0 rings (SSSR count). The van der Waals surface area contributed by atoms with Crippen molar-refractivity contribution >= 4 is 7.92 Å². The van der Waals surface area contributed by atoms with Crippen LogP contribution in [0.3, 0.4) is 0 Å². The SMILES string of the molecule is C[C-]C.C[PH+](C)C.[Au+]. The van der Waals surface area contributed by atoms with Gasteiger partial charge in [0.15, 0.2) is 0 Å². The average Bonchev–Trinajstić information content (AvgIpc) is 1.33. The van der Waals surface area contributed by atoms with Gasteiger partial charge in [0.1, 0.15) is 0 Å². The van der Waals surface area contributed by atoms with Crippen LogP contribution in [0.5, 0.6) is 0 Å². The van der Waals surface area contributed by atoms with E-state index < -0.39 is 0 Å². The molecule has 8 heavy (non-hydrogen) atoms. The summed E-state index contributed by atoms with van der Waals surface area (Å²) in [6, 6.07) is 0. The molecule has 0 spiro atoms. The van der Waals surface area contributed by atoms with Gasteiger partial charge in [-0.1, -0.05) is 0 Å². The summed E-state index contributed by atoms with van der Waals surface area (Å²) in [5.74, 6) is 0. The van der Waals surface area contributed by atoms with Gasteiger partial charge in [-0.3, -0.25) is 0 Å². The fourth-order valence-corrected chi connectivity index (χ4v) is 0. The first kappa shape index (κ1) is 16.1. The van der Waals surface area contributed by atoms with Crippen LogP contribution < -0.4 is 0 Å². The van der Waals surface area contributed by atoms with E-state index in [-0.39, 0.29) is 30.3 Å². The van der Waals surface area contributed by atoms with Gasteiger partial charge in [0, 0.05) is 20.0 Å². The monoisotopic (exact) mass is 316 g/mol. The van der Waals surface area contributed by atoms with Crippen LogP contribution in [0.15, 0.2) is 0 Å². The zero-order chi connectivity index (χ0) is 6.28. The van der Waals surface area contributed by atoms with Crippen LogP contribution >= 0.6 is 7.92 Å². The van der Waals surface area contributed by atoms with Gasteiger partial charge in [-0.25, -0.2) is 13.8 Å². The van der Waals surface area contributed by atoms with Gasteiger partial charge in [0.25, 0.3) is 0 Å². The Morgan fingerprint density at radius 2 is 1.00 bits per heavy atom. The van der Waals surface area contributed by atoms with Crippen LogP contribution in [0.25, 0.3) is 0 Å². The van der Waals surface area contributed by atoms with Crippen LogP contribution in [0.4, 0.5) is 0 Å². The maximum atomic E-state index is 2.75. The van der Waals surface area contributed by atoms with Crippen molar-refractivity contribution in [2.45, 2.75) is 13.8 Å². The van der Waals surface area contributed by atoms with Crippen molar-refractivity contribution in [1.82, 2.24) is 0 Å². The van der Waals surface area contributed by atoms with E-state index in [1.165, 1.54) is 0 Å². The zero-order valence-electron chi connectivity index (χ0n) is 6.30. The van der Waals surface area contributed by atoms with Crippen LogP contribution in [0, 0.1) is 6.42 Å². The van der Waals surface area contributed by atoms with Gasteiger partial charge in [0.05, 0.1) is 0 Å². The maximum Gasteiger partial charge on any atom is 1.00 e. The molecule has 0 aliphatic carbocycles. The van der Waals surface area contributed by atoms with E-state index in [2.05, 4.69) is 26.4 Å². The summed E-state index contributed by atoms with van der Waals surface area (Å²) in [5, 5.41) is 0. The Hall–Kier alpha value is 1.17. The summed E-state index contributed by atoms with van der Waals surface area (Å²) in [7, 11) is 0.120. The smallest absolute Gasteiger partial charge is 0.483 e. The van der Waals surface area contributed by atoms with Gasteiger partial charge in [-0.15, -0.1) is 0 Å². The molecule has 0 aromatic carbocycles. The molecule has 0 atom stereocenters. The summed E-state index contributed by atoms with van der Waals surface area (Å²) in [4.78, 5) is 0. The summed E-state index contributed by atoms with van der Waals surface area (Å²) in [6.07, 6.45) is 2.75. The Kier molecular flexibility index (Phi) is 31.6. The average molecular weight is 316 g/mol. The van der Waals surface area contributed by atoms with Crippen molar-refractivity contribution in [3.63, 3.8) is 0 Å². The van der Waals surface area contributed by atoms with Gasteiger partial charge >= 0.3 is 22.4 Å². The molecule has 0 unspecified atom stereocenters. The number of hydrogen-bond acceptors (Lipinski definition) is 0. The summed E-state index contributed by atoms with van der Waals surface area (Å²) in [5.41, 5.74) is 0. The Bertz CT molecular complexity index is 19.7. The molecule has 0 aromatic heterocycles. The second-order valence-electron chi connectivity index (χ2n) is 2.00. The van der Waals surface area contributed by atoms with E-state index in [4.69, 9.17) is 0 Å². The molecule has 0 fully saturated rings. The molecule has 0 aliphatic heterocycles. The quantitative estimate of drug-likeness (QED) is 0.365. The molecule has 1 radical (unpaired) electrons. The first-order valence-corrected chi connectivity index (χ1v) is 5.50. The molecule has 0 heterocycles. The normalized spacial score (nSPS) is 6.75. The van der Waals surface area contributed by atoms with Crippen LogP contribution in [-0.2, 0) is 22.4 Å². The molecule has 0 N–H and O–H groups in total. The fraction of sp³-hybridized carbons (Fsp3) is 0.833. The van der Waals surface area contributed by atoms with Gasteiger partial charge < -0.3 is 6.42 Å². The largest absolute Gasteiger partial charge is 1.00 e. The van der Waals surface area contributed by atoms with Crippen molar-refractivity contribution < 1.29 is 22.4 Å². The molecule has 0 amide bonds. The molecular weight excluding hydrogens is 300 g/mol. The van der Waals surface area contributed by atoms with Crippen molar-refractivity contribution in [3.8, 4) is 0 Å². The predicted molar refractivity (Wildman–Crippen MR) is 40.7 cm³/mol. The number of rotatable bonds is 0. The third-order valence-corrected chi connectivity index (χ3v) is 0. The van der Waals surface area contributed by atoms with E-state index in [9.17, 15) is 0 Å². The Morgan fingerprint density at radius 1 is 1.00 bits per heavy atom. The number of hydrogen-bond donors (Lipinski definition) is 0. The minimum atomic E-state index is 0. The van der Waals surface area contributed by atoms with Crippen LogP contribution in [0.1, 0.15) is 13.8 Å². The molecule has 0 saturated carbocycles. The molecule has 0 nitrogen and oxygen atoms in total. The third kappa shape index (κ3) is 199. The third-order valence-electron chi connectivity index (χ3n) is 0. The van der Waals surface area contributed by atoms with Gasteiger partial charge in [-0.05, 0) is 7.92 Å².